The number of aromatic nitrogens is 1. The van der Waals surface area contributed by atoms with E-state index in [1.807, 2.05) is 6.07 Å². The van der Waals surface area contributed by atoms with Gasteiger partial charge in [-0.25, -0.2) is 9.37 Å². The van der Waals surface area contributed by atoms with Gasteiger partial charge in [-0.3, -0.25) is 0 Å². The lowest BCUT2D eigenvalue weighted by Crippen LogP contribution is -1.92. The zero-order chi connectivity index (χ0) is 13.0. The van der Waals surface area contributed by atoms with Gasteiger partial charge in [0, 0.05) is 22.4 Å². The van der Waals surface area contributed by atoms with Gasteiger partial charge >= 0.3 is 0 Å². The van der Waals surface area contributed by atoms with Gasteiger partial charge in [0.15, 0.2) is 0 Å². The van der Waals surface area contributed by atoms with E-state index in [0.717, 1.165) is 10.5 Å². The monoisotopic (exact) mass is 264 g/mol. The van der Waals surface area contributed by atoms with Crippen molar-refractivity contribution in [3.8, 4) is 5.75 Å². The molecule has 0 saturated heterocycles. The fraction of sp³-hybridized carbons (Fsp3) is 0.154. The van der Waals surface area contributed by atoms with Crippen molar-refractivity contribution < 1.29 is 9.13 Å². The molecule has 1 heterocycles. The van der Waals surface area contributed by atoms with Crippen molar-refractivity contribution in [2.45, 2.75) is 10.6 Å². The maximum atomic E-state index is 13.2. The fourth-order valence-corrected chi connectivity index (χ4v) is 2.34. The predicted octanol–water partition coefficient (Wildman–Crippen LogP) is 3.10. The molecular formula is C13H13FN2OS. The van der Waals surface area contributed by atoms with Crippen molar-refractivity contribution in [2.24, 2.45) is 0 Å². The summed E-state index contributed by atoms with van der Waals surface area (Å²) in [7, 11) is 1.58. The molecule has 2 rings (SSSR count). The van der Waals surface area contributed by atoms with Crippen LogP contribution in [0.4, 0.5) is 10.2 Å². The largest absolute Gasteiger partial charge is 0.496 e. The number of ether oxygens (including phenoxy) is 1. The minimum Gasteiger partial charge on any atom is -0.496 e. The second-order valence-corrected chi connectivity index (χ2v) is 4.71. The molecule has 0 radical (unpaired) electrons. The number of benzene rings is 1. The van der Waals surface area contributed by atoms with Crippen LogP contribution in [0.1, 0.15) is 5.56 Å². The SMILES string of the molecule is COc1ccc(F)cc1CSc1ccc(N)nc1. The number of rotatable bonds is 4. The zero-order valence-electron chi connectivity index (χ0n) is 9.89. The summed E-state index contributed by atoms with van der Waals surface area (Å²) in [5.74, 6) is 1.53. The Morgan fingerprint density at radius 1 is 1.33 bits per heavy atom. The average Bonchev–Trinajstić information content (AvgIpc) is 2.38. The van der Waals surface area contributed by atoms with Crippen LogP contribution in [0.5, 0.6) is 5.75 Å². The van der Waals surface area contributed by atoms with Gasteiger partial charge in [0.1, 0.15) is 17.4 Å². The van der Waals surface area contributed by atoms with Crippen LogP contribution in [0, 0.1) is 5.82 Å². The Kier molecular flexibility index (Phi) is 4.04. The molecule has 18 heavy (non-hydrogen) atoms. The number of nitrogens with two attached hydrogens (primary N) is 1. The summed E-state index contributed by atoms with van der Waals surface area (Å²) in [5.41, 5.74) is 6.33. The van der Waals surface area contributed by atoms with Gasteiger partial charge in [-0.2, -0.15) is 0 Å². The first kappa shape index (κ1) is 12.7. The van der Waals surface area contributed by atoms with E-state index in [-0.39, 0.29) is 5.82 Å². The Morgan fingerprint density at radius 2 is 2.17 bits per heavy atom. The zero-order valence-corrected chi connectivity index (χ0v) is 10.7. The molecular weight excluding hydrogens is 251 g/mol. The highest BCUT2D eigenvalue weighted by Gasteiger charge is 2.05. The van der Waals surface area contributed by atoms with Crippen LogP contribution in [0.3, 0.4) is 0 Å². The molecule has 0 atom stereocenters. The fourth-order valence-electron chi connectivity index (χ4n) is 1.50. The number of pyridine rings is 1. The summed E-state index contributed by atoms with van der Waals surface area (Å²) in [4.78, 5) is 4.99. The molecule has 5 heteroatoms. The second kappa shape index (κ2) is 5.73. The maximum Gasteiger partial charge on any atom is 0.123 e. The van der Waals surface area contributed by atoms with E-state index in [0.29, 0.717) is 17.3 Å². The van der Waals surface area contributed by atoms with Crippen molar-refractivity contribution in [2.75, 3.05) is 12.8 Å². The van der Waals surface area contributed by atoms with Crippen LogP contribution < -0.4 is 10.5 Å². The maximum absolute atomic E-state index is 13.2. The number of nitrogen functional groups attached to an aromatic ring is 1. The molecule has 0 amide bonds. The minimum absolute atomic E-state index is 0.262. The van der Waals surface area contributed by atoms with Gasteiger partial charge < -0.3 is 10.5 Å². The van der Waals surface area contributed by atoms with E-state index in [1.165, 1.54) is 12.1 Å². The number of hydrogen-bond donors (Lipinski definition) is 1. The van der Waals surface area contributed by atoms with Gasteiger partial charge in [0.2, 0.25) is 0 Å². The molecule has 94 valence electrons. The first-order valence-corrected chi connectivity index (χ1v) is 6.34. The third-order valence-corrected chi connectivity index (χ3v) is 3.43. The molecule has 0 aliphatic rings. The van der Waals surface area contributed by atoms with Crippen molar-refractivity contribution in [1.82, 2.24) is 4.98 Å². The quantitative estimate of drug-likeness (QED) is 0.862. The molecule has 0 spiro atoms. The number of nitrogens with zero attached hydrogens (tertiary/aromatic N) is 1. The summed E-state index contributed by atoms with van der Waals surface area (Å²) in [5, 5.41) is 0. The molecule has 1 aromatic carbocycles. The highest BCUT2D eigenvalue weighted by atomic mass is 32.2. The lowest BCUT2D eigenvalue weighted by molar-refractivity contribution is 0.410. The number of halogens is 1. The van der Waals surface area contributed by atoms with Crippen molar-refractivity contribution in [1.29, 1.82) is 0 Å². The third-order valence-electron chi connectivity index (χ3n) is 2.40. The number of hydrogen-bond acceptors (Lipinski definition) is 4. The van der Waals surface area contributed by atoms with E-state index < -0.39 is 0 Å². The van der Waals surface area contributed by atoms with Gasteiger partial charge in [0.25, 0.3) is 0 Å². The van der Waals surface area contributed by atoms with Gasteiger partial charge in [-0.1, -0.05) is 0 Å². The van der Waals surface area contributed by atoms with Crippen molar-refractivity contribution in [3.05, 3.63) is 47.9 Å². The molecule has 3 nitrogen and oxygen atoms in total. The first-order valence-electron chi connectivity index (χ1n) is 5.36. The van der Waals surface area contributed by atoms with Crippen LogP contribution in [0.15, 0.2) is 41.4 Å². The van der Waals surface area contributed by atoms with E-state index >= 15 is 0 Å². The Balaban J connectivity index is 2.09. The molecule has 1 aromatic heterocycles. The van der Waals surface area contributed by atoms with Crippen LogP contribution in [-0.4, -0.2) is 12.1 Å². The highest BCUT2D eigenvalue weighted by Crippen LogP contribution is 2.28. The van der Waals surface area contributed by atoms with Crippen molar-refractivity contribution in [3.63, 3.8) is 0 Å². The van der Waals surface area contributed by atoms with Gasteiger partial charge in [0.05, 0.1) is 7.11 Å². The molecule has 0 aliphatic heterocycles. The summed E-state index contributed by atoms with van der Waals surface area (Å²) in [6.07, 6.45) is 1.70. The normalized spacial score (nSPS) is 10.3. The molecule has 2 N–H and O–H groups in total. The Hall–Kier alpha value is -1.75. The topological polar surface area (TPSA) is 48.1 Å². The van der Waals surface area contributed by atoms with Crippen LogP contribution in [0.2, 0.25) is 0 Å². The lowest BCUT2D eigenvalue weighted by atomic mass is 10.2. The molecule has 0 bridgehead atoms. The van der Waals surface area contributed by atoms with E-state index in [9.17, 15) is 4.39 Å². The van der Waals surface area contributed by atoms with Gasteiger partial charge in [-0.05, 0) is 30.3 Å². The minimum atomic E-state index is -0.262. The Morgan fingerprint density at radius 3 is 2.83 bits per heavy atom. The van der Waals surface area contributed by atoms with Crippen LogP contribution in [-0.2, 0) is 5.75 Å². The summed E-state index contributed by atoms with van der Waals surface area (Å²) >= 11 is 1.56. The van der Waals surface area contributed by atoms with E-state index in [1.54, 1.807) is 37.2 Å². The molecule has 0 saturated carbocycles. The second-order valence-electron chi connectivity index (χ2n) is 3.66. The number of anilines is 1. The average molecular weight is 264 g/mol. The molecule has 0 aliphatic carbocycles. The Labute approximate surface area is 109 Å². The molecule has 0 unspecified atom stereocenters. The molecule has 0 fully saturated rings. The summed E-state index contributed by atoms with van der Waals surface area (Å²) < 4.78 is 18.4. The lowest BCUT2D eigenvalue weighted by Gasteiger charge is -2.08. The predicted molar refractivity (Wildman–Crippen MR) is 71.2 cm³/mol. The number of thioether (sulfide) groups is 1. The summed E-state index contributed by atoms with van der Waals surface area (Å²) in [6.45, 7) is 0. The van der Waals surface area contributed by atoms with Crippen LogP contribution in [0.25, 0.3) is 0 Å². The molecule has 2 aromatic rings. The standard InChI is InChI=1S/C13H13FN2OS/c1-17-12-4-2-10(14)6-9(12)8-18-11-3-5-13(15)16-7-11/h2-7H,8H2,1H3,(H2,15,16). The summed E-state index contributed by atoms with van der Waals surface area (Å²) in [6, 6.07) is 8.13. The highest BCUT2D eigenvalue weighted by molar-refractivity contribution is 7.98. The van der Waals surface area contributed by atoms with Gasteiger partial charge in [-0.15, -0.1) is 11.8 Å². The van der Waals surface area contributed by atoms with Crippen LogP contribution >= 0.6 is 11.8 Å². The van der Waals surface area contributed by atoms with E-state index in [2.05, 4.69) is 4.98 Å². The first-order chi connectivity index (χ1) is 8.69. The Bertz CT molecular complexity index is 531. The van der Waals surface area contributed by atoms with Crippen molar-refractivity contribution >= 4 is 17.6 Å². The third kappa shape index (κ3) is 3.13. The smallest absolute Gasteiger partial charge is 0.123 e. The number of methoxy groups -OCH3 is 1. The van der Waals surface area contributed by atoms with E-state index in [4.69, 9.17) is 10.5 Å².